The van der Waals surface area contributed by atoms with E-state index in [4.69, 9.17) is 19.7 Å². The van der Waals surface area contributed by atoms with Crippen LogP contribution < -0.4 is 14.5 Å². The third-order valence-electron chi connectivity index (χ3n) is 12.6. The Morgan fingerprint density at radius 1 is 0.903 bits per heavy atom. The summed E-state index contributed by atoms with van der Waals surface area (Å²) >= 11 is 0. The fourth-order valence-corrected chi connectivity index (χ4v) is 9.76. The van der Waals surface area contributed by atoms with Gasteiger partial charge in [0.25, 0.3) is 0 Å². The quantitative estimate of drug-likeness (QED) is 0.263. The number of β-amino-alcohol motifs (C(OH)–C–C–N with tert-alkyl or cyclic N) is 1. The zero-order valence-corrected chi connectivity index (χ0v) is 34.8. The number of ether oxygens (including phenoxy) is 1. The zero-order chi connectivity index (χ0) is 43.4. The largest absolute Gasteiger partial charge is 0.458 e. The molecule has 5 aliphatic heterocycles. The Labute approximate surface area is 353 Å². The summed E-state index contributed by atoms with van der Waals surface area (Å²) in [6.45, 7) is 8.24. The molecule has 19 heteroatoms. The molecule has 5 fully saturated rings. The van der Waals surface area contributed by atoms with Crippen LogP contribution in [0.3, 0.4) is 0 Å². The fraction of sp³-hybridized carbons (Fsp3) is 0.442. The van der Waals surface area contributed by atoms with E-state index in [-0.39, 0.29) is 73.2 Å². The number of aromatic nitrogens is 8. The van der Waals surface area contributed by atoms with E-state index in [1.807, 2.05) is 30.6 Å². The van der Waals surface area contributed by atoms with Crippen molar-refractivity contribution in [1.29, 1.82) is 0 Å². The number of piperidine rings is 1. The summed E-state index contributed by atoms with van der Waals surface area (Å²) in [6, 6.07) is 6.75. The van der Waals surface area contributed by atoms with Gasteiger partial charge in [-0.05, 0) is 51.0 Å². The van der Waals surface area contributed by atoms with Gasteiger partial charge in [0, 0.05) is 62.9 Å². The topological polar surface area (TPSA) is 164 Å². The third kappa shape index (κ3) is 6.29. The molecule has 2 amide bonds. The van der Waals surface area contributed by atoms with E-state index in [1.165, 1.54) is 40.2 Å². The van der Waals surface area contributed by atoms with E-state index in [9.17, 15) is 19.1 Å². The van der Waals surface area contributed by atoms with Crippen molar-refractivity contribution in [3.8, 4) is 23.0 Å². The van der Waals surface area contributed by atoms with E-state index in [0.717, 1.165) is 25.0 Å². The van der Waals surface area contributed by atoms with Gasteiger partial charge in [0.15, 0.2) is 11.5 Å². The van der Waals surface area contributed by atoms with Crippen LogP contribution in [0, 0.1) is 24.4 Å². The van der Waals surface area contributed by atoms with E-state index in [2.05, 4.69) is 15.1 Å². The Hall–Kier alpha value is -6.37. The summed E-state index contributed by atoms with van der Waals surface area (Å²) in [6.07, 6.45) is 3.95. The van der Waals surface area contributed by atoms with E-state index < -0.39 is 41.2 Å². The minimum absolute atomic E-state index is 0.00203. The molecule has 4 aromatic heterocycles. The second kappa shape index (κ2) is 14.6. The van der Waals surface area contributed by atoms with Crippen LogP contribution in [0.25, 0.3) is 39.0 Å². The lowest BCUT2D eigenvalue weighted by Gasteiger charge is -2.62. The van der Waals surface area contributed by atoms with Crippen LogP contribution in [0.1, 0.15) is 52.3 Å². The fourth-order valence-electron chi connectivity index (χ4n) is 9.76. The number of halogens is 3. The maximum atomic E-state index is 15.4. The van der Waals surface area contributed by atoms with Crippen LogP contribution in [0.5, 0.6) is 6.01 Å². The first kappa shape index (κ1) is 39.7. The number of amides is 2. The van der Waals surface area contributed by atoms with Gasteiger partial charge in [-0.1, -0.05) is 13.8 Å². The molecule has 9 heterocycles. The maximum absolute atomic E-state index is 15.4. The van der Waals surface area contributed by atoms with Crippen LogP contribution in [0.4, 0.5) is 24.9 Å². The van der Waals surface area contributed by atoms with Crippen molar-refractivity contribution >= 4 is 45.6 Å². The smallest absolute Gasteiger partial charge is 0.317 e. The van der Waals surface area contributed by atoms with Crippen molar-refractivity contribution in [2.45, 2.75) is 95.8 Å². The number of rotatable bonds is 4. The number of anilines is 2. The highest BCUT2D eigenvalue weighted by atomic mass is 19.1. The van der Waals surface area contributed by atoms with Gasteiger partial charge in [0.1, 0.15) is 46.6 Å². The monoisotopic (exact) mass is 850 g/mol. The highest BCUT2D eigenvalue weighted by Gasteiger charge is 2.62. The SMILES string of the molecule is CC.Cc1nc2cc(F)cc3c2n1C[C@@H](O)CN(C)C(=O)[C@@H]1C[C@@H](CN1c1nc(N2C4CN(C5CC5)C(=O)C2(C)C4)nc2c1cnn2-c1ccc(F)cc1F)Oc1nccc-3n1. The molecule has 6 aromatic rings. The van der Waals surface area contributed by atoms with Crippen molar-refractivity contribution in [3.63, 3.8) is 0 Å². The van der Waals surface area contributed by atoms with Crippen molar-refractivity contribution in [1.82, 2.24) is 49.1 Å². The molecular formula is C43H45F3N12O4. The number of fused-ring (bicyclic) bond motifs is 8. The minimum atomic E-state index is -1.05. The van der Waals surface area contributed by atoms with Crippen LogP contribution in [-0.4, -0.2) is 129 Å². The molecule has 6 bridgehead atoms. The van der Waals surface area contributed by atoms with Crippen LogP contribution >= 0.6 is 0 Å². The molecule has 1 aliphatic carbocycles. The standard InChI is InChI=1S/C41H39F3N12O4.C2H6/c1-20-47-31-12-22(43)10-27-30-8-9-45-40(48-30)60-26-13-33(37(58)51(3)17-25(57)18-52(20)34(27)31)54(19-26)35-28-15-46-56(32-7-4-21(42)11-29(32)44)36(28)50-39(49-35)55-24-14-41(55,2)38(59)53(16-24)23-5-6-23;1-2/h4,7-12,15,23-26,33,57H,5-6,13-14,16-19H2,1-3H3;1-2H3/t24?,25-,26-,33-,41?;/m0./s1. The summed E-state index contributed by atoms with van der Waals surface area (Å²) in [5, 5.41) is 16.4. The number of carbonyl (C=O) groups is 2. The van der Waals surface area contributed by atoms with Gasteiger partial charge in [0.05, 0.1) is 53.5 Å². The van der Waals surface area contributed by atoms with Gasteiger partial charge >= 0.3 is 6.01 Å². The molecule has 1 N–H and O–H groups in total. The molecule has 1 saturated carbocycles. The number of aliphatic hydroxyl groups is 1. The minimum Gasteiger partial charge on any atom is -0.458 e. The lowest BCUT2D eigenvalue weighted by molar-refractivity contribution is -0.147. The lowest BCUT2D eigenvalue weighted by Crippen LogP contribution is -2.79. The Morgan fingerprint density at radius 2 is 1.71 bits per heavy atom. The van der Waals surface area contributed by atoms with Crippen molar-refractivity contribution in [2.24, 2.45) is 0 Å². The van der Waals surface area contributed by atoms with E-state index in [1.54, 1.807) is 29.5 Å². The first-order chi connectivity index (χ1) is 29.8. The average molecular weight is 851 g/mol. The number of benzene rings is 2. The number of hydrogen-bond donors (Lipinski definition) is 1. The normalized spacial score (nSPS) is 24.7. The number of carbonyl (C=O) groups excluding carboxylic acids is 2. The summed E-state index contributed by atoms with van der Waals surface area (Å²) in [5.41, 5.74) is 0.971. The van der Waals surface area contributed by atoms with Crippen LogP contribution in [0.15, 0.2) is 48.8 Å². The molecule has 6 aliphatic rings. The van der Waals surface area contributed by atoms with Crippen molar-refractivity contribution in [3.05, 3.63) is 72.1 Å². The Balaban J connectivity index is 0.00000226. The first-order valence-corrected chi connectivity index (χ1v) is 21.0. The first-order valence-electron chi connectivity index (χ1n) is 21.0. The Kier molecular flexibility index (Phi) is 9.38. The van der Waals surface area contributed by atoms with Gasteiger partial charge in [-0.3, -0.25) is 9.59 Å². The van der Waals surface area contributed by atoms with E-state index >= 15 is 8.78 Å². The summed E-state index contributed by atoms with van der Waals surface area (Å²) < 4.78 is 54.1. The van der Waals surface area contributed by atoms with Gasteiger partial charge < -0.3 is 34.0 Å². The molecule has 12 rings (SSSR count). The molecule has 0 radical (unpaired) electrons. The van der Waals surface area contributed by atoms with Gasteiger partial charge in [-0.25, -0.2) is 27.8 Å². The number of hydrogen-bond acceptors (Lipinski definition) is 12. The van der Waals surface area contributed by atoms with E-state index in [0.29, 0.717) is 52.3 Å². The highest BCUT2D eigenvalue weighted by molar-refractivity contribution is 5.97. The average Bonchev–Trinajstić information content (AvgIpc) is 3.75. The zero-order valence-electron chi connectivity index (χ0n) is 34.8. The molecule has 2 unspecified atom stereocenters. The predicted octanol–water partition coefficient (Wildman–Crippen LogP) is 4.58. The van der Waals surface area contributed by atoms with Gasteiger partial charge in [-0.2, -0.15) is 20.1 Å². The highest BCUT2D eigenvalue weighted by Crippen LogP contribution is 2.48. The van der Waals surface area contributed by atoms with Crippen LogP contribution in [-0.2, 0) is 16.1 Å². The maximum Gasteiger partial charge on any atom is 0.317 e. The molecule has 16 nitrogen and oxygen atoms in total. The lowest BCUT2D eigenvalue weighted by atomic mass is 9.75. The molecule has 62 heavy (non-hydrogen) atoms. The third-order valence-corrected chi connectivity index (χ3v) is 12.6. The molecule has 2 aromatic carbocycles. The number of likely N-dealkylation sites (N-methyl/N-ethyl adjacent to an activating group) is 1. The molecule has 0 spiro atoms. The summed E-state index contributed by atoms with van der Waals surface area (Å²) in [7, 11) is 1.61. The van der Waals surface area contributed by atoms with Gasteiger partial charge in [0.2, 0.25) is 17.8 Å². The Bertz CT molecular complexity index is 2800. The molecule has 5 atom stereocenters. The number of nitrogens with zero attached hydrogens (tertiary/aromatic N) is 12. The second-order valence-corrected chi connectivity index (χ2v) is 16.8. The van der Waals surface area contributed by atoms with Crippen molar-refractivity contribution in [2.75, 3.05) is 36.5 Å². The summed E-state index contributed by atoms with van der Waals surface area (Å²) in [5.74, 6) is -1.44. The second-order valence-electron chi connectivity index (χ2n) is 16.8. The van der Waals surface area contributed by atoms with Crippen molar-refractivity contribution < 1.29 is 32.6 Å². The number of aliphatic hydroxyl groups excluding tert-OH is 1. The predicted molar refractivity (Wildman–Crippen MR) is 221 cm³/mol. The van der Waals surface area contributed by atoms with Gasteiger partial charge in [-0.15, -0.1) is 0 Å². The number of piperazine rings is 1. The molecular weight excluding hydrogens is 806 g/mol. The Morgan fingerprint density at radius 3 is 2.48 bits per heavy atom. The molecule has 4 saturated heterocycles. The van der Waals surface area contributed by atoms with Crippen LogP contribution in [0.2, 0.25) is 0 Å². The summed E-state index contributed by atoms with van der Waals surface area (Å²) in [4.78, 5) is 59.5. The number of imidazole rings is 1. The molecule has 322 valence electrons. The number of aryl methyl sites for hydroxylation is 1.